The number of aromatic nitrogens is 2. The zero-order valence-electron chi connectivity index (χ0n) is 9.79. The molecule has 2 rings (SSSR count). The first-order chi connectivity index (χ1) is 8.54. The van der Waals surface area contributed by atoms with Gasteiger partial charge in [-0.2, -0.15) is 5.10 Å². The van der Waals surface area contributed by atoms with E-state index in [1.165, 1.54) is 12.1 Å². The van der Waals surface area contributed by atoms with Crippen molar-refractivity contribution in [1.82, 2.24) is 15.1 Å². The smallest absolute Gasteiger partial charge is 0.251 e. The summed E-state index contributed by atoms with van der Waals surface area (Å²) >= 11 is 0. The number of nitrogens with one attached hydrogen (secondary N) is 1. The largest absolute Gasteiger partial charge is 0.508 e. The lowest BCUT2D eigenvalue weighted by atomic mass is 10.2. The fraction of sp³-hybridized carbons (Fsp3) is 0.167. The van der Waals surface area contributed by atoms with Crippen LogP contribution in [0.1, 0.15) is 15.9 Å². The van der Waals surface area contributed by atoms with Crippen LogP contribution in [-0.4, -0.2) is 25.9 Å². The van der Waals surface area contributed by atoms with E-state index in [9.17, 15) is 15.0 Å². The molecule has 0 saturated carbocycles. The van der Waals surface area contributed by atoms with Crippen molar-refractivity contribution in [2.75, 3.05) is 0 Å². The molecule has 0 radical (unpaired) electrons. The van der Waals surface area contributed by atoms with Gasteiger partial charge in [-0.25, -0.2) is 0 Å². The maximum Gasteiger partial charge on any atom is 0.251 e. The predicted octanol–water partition coefficient (Wildman–Crippen LogP) is 0.761. The molecule has 3 N–H and O–H groups in total. The normalized spacial score (nSPS) is 10.3. The molecule has 0 saturated heterocycles. The van der Waals surface area contributed by atoms with Crippen molar-refractivity contribution in [3.8, 4) is 11.5 Å². The number of nitrogens with zero attached hydrogens (tertiary/aromatic N) is 2. The second-order valence-corrected chi connectivity index (χ2v) is 3.94. The summed E-state index contributed by atoms with van der Waals surface area (Å²) in [6.07, 6.45) is 3.44. The minimum absolute atomic E-state index is 0.151. The van der Waals surface area contributed by atoms with E-state index in [4.69, 9.17) is 0 Å². The molecule has 2 aromatic rings. The van der Waals surface area contributed by atoms with E-state index >= 15 is 0 Å². The van der Waals surface area contributed by atoms with Gasteiger partial charge in [0.15, 0.2) is 0 Å². The van der Waals surface area contributed by atoms with Crippen LogP contribution in [0.2, 0.25) is 0 Å². The number of rotatable bonds is 3. The average molecular weight is 247 g/mol. The Kier molecular flexibility index (Phi) is 3.18. The number of carbonyl (C=O) groups excluding carboxylic acids is 1. The van der Waals surface area contributed by atoms with Crippen LogP contribution in [0.25, 0.3) is 0 Å². The number of carbonyl (C=O) groups is 1. The van der Waals surface area contributed by atoms with E-state index in [1.54, 1.807) is 24.1 Å². The van der Waals surface area contributed by atoms with Gasteiger partial charge in [-0.15, -0.1) is 0 Å². The molecule has 0 spiro atoms. The van der Waals surface area contributed by atoms with Gasteiger partial charge >= 0.3 is 0 Å². The number of benzene rings is 1. The molecule has 0 aliphatic carbocycles. The maximum atomic E-state index is 11.8. The van der Waals surface area contributed by atoms with E-state index in [1.807, 2.05) is 0 Å². The van der Waals surface area contributed by atoms with Gasteiger partial charge in [0.1, 0.15) is 11.5 Å². The second kappa shape index (κ2) is 4.79. The van der Waals surface area contributed by atoms with Crippen molar-refractivity contribution in [2.45, 2.75) is 6.54 Å². The number of amides is 1. The number of phenols is 2. The SMILES string of the molecule is Cn1cc(CNC(=O)c2cc(O)cc(O)c2)cn1. The molecule has 1 aromatic heterocycles. The standard InChI is InChI=1S/C12H13N3O3/c1-15-7-8(6-14-15)5-13-12(18)9-2-10(16)4-11(17)3-9/h2-4,6-7,16-17H,5H2,1H3,(H,13,18). The van der Waals surface area contributed by atoms with Crippen molar-refractivity contribution < 1.29 is 15.0 Å². The van der Waals surface area contributed by atoms with Gasteiger partial charge in [0, 0.05) is 37.0 Å². The van der Waals surface area contributed by atoms with Crippen molar-refractivity contribution in [3.63, 3.8) is 0 Å². The lowest BCUT2D eigenvalue weighted by Gasteiger charge is -2.04. The van der Waals surface area contributed by atoms with Gasteiger partial charge in [0.25, 0.3) is 5.91 Å². The van der Waals surface area contributed by atoms with E-state index in [0.29, 0.717) is 6.54 Å². The van der Waals surface area contributed by atoms with E-state index in [-0.39, 0.29) is 23.0 Å². The summed E-state index contributed by atoms with van der Waals surface area (Å²) in [5.74, 6) is -0.673. The highest BCUT2D eigenvalue weighted by atomic mass is 16.3. The lowest BCUT2D eigenvalue weighted by molar-refractivity contribution is 0.0950. The molecule has 0 unspecified atom stereocenters. The average Bonchev–Trinajstić information content (AvgIpc) is 2.70. The van der Waals surface area contributed by atoms with E-state index < -0.39 is 0 Å². The highest BCUT2D eigenvalue weighted by Gasteiger charge is 2.08. The fourth-order valence-corrected chi connectivity index (χ4v) is 1.57. The lowest BCUT2D eigenvalue weighted by Crippen LogP contribution is -2.22. The first kappa shape index (κ1) is 12.0. The number of phenolic OH excluding ortho intramolecular Hbond substituents is 2. The van der Waals surface area contributed by atoms with E-state index in [2.05, 4.69) is 10.4 Å². The van der Waals surface area contributed by atoms with Crippen LogP contribution in [0.4, 0.5) is 0 Å². The monoisotopic (exact) mass is 247 g/mol. The van der Waals surface area contributed by atoms with Crippen LogP contribution >= 0.6 is 0 Å². The van der Waals surface area contributed by atoms with E-state index in [0.717, 1.165) is 11.6 Å². The number of hydrogen-bond acceptors (Lipinski definition) is 4. The summed E-state index contributed by atoms with van der Waals surface area (Å²) in [5.41, 5.74) is 1.08. The zero-order chi connectivity index (χ0) is 13.1. The molecule has 1 heterocycles. The molecule has 0 fully saturated rings. The van der Waals surface area contributed by atoms with Crippen LogP contribution in [0.3, 0.4) is 0 Å². The zero-order valence-corrected chi connectivity index (χ0v) is 9.79. The van der Waals surface area contributed by atoms with Crippen molar-refractivity contribution in [3.05, 3.63) is 41.7 Å². The Hall–Kier alpha value is -2.50. The van der Waals surface area contributed by atoms with Crippen LogP contribution in [0.15, 0.2) is 30.6 Å². The molecule has 18 heavy (non-hydrogen) atoms. The van der Waals surface area contributed by atoms with Gasteiger partial charge in [-0.3, -0.25) is 9.48 Å². The predicted molar refractivity (Wildman–Crippen MR) is 64.1 cm³/mol. The van der Waals surface area contributed by atoms with Gasteiger partial charge in [0.05, 0.1) is 6.20 Å². The molecule has 0 aliphatic heterocycles. The third-order valence-electron chi connectivity index (χ3n) is 2.38. The van der Waals surface area contributed by atoms with Gasteiger partial charge < -0.3 is 15.5 Å². The molecule has 6 heteroatoms. The summed E-state index contributed by atoms with van der Waals surface area (Å²) in [4.78, 5) is 11.8. The highest BCUT2D eigenvalue weighted by molar-refractivity contribution is 5.94. The summed E-state index contributed by atoms with van der Waals surface area (Å²) < 4.78 is 1.64. The van der Waals surface area contributed by atoms with Gasteiger partial charge in [0.2, 0.25) is 0 Å². The molecule has 1 aromatic carbocycles. The molecule has 1 amide bonds. The topological polar surface area (TPSA) is 87.4 Å². The number of aryl methyl sites for hydroxylation is 1. The first-order valence-electron chi connectivity index (χ1n) is 5.33. The maximum absolute atomic E-state index is 11.8. The first-order valence-corrected chi connectivity index (χ1v) is 5.33. The summed E-state index contributed by atoms with van der Waals surface area (Å²) in [5, 5.41) is 25.2. The van der Waals surface area contributed by atoms with Gasteiger partial charge in [-0.05, 0) is 12.1 Å². The van der Waals surface area contributed by atoms with Crippen molar-refractivity contribution in [1.29, 1.82) is 0 Å². The van der Waals surface area contributed by atoms with Crippen LogP contribution < -0.4 is 5.32 Å². The Morgan fingerprint density at radius 1 is 1.33 bits per heavy atom. The highest BCUT2D eigenvalue weighted by Crippen LogP contribution is 2.20. The Bertz CT molecular complexity index is 557. The van der Waals surface area contributed by atoms with Crippen LogP contribution in [-0.2, 0) is 13.6 Å². The molecule has 0 aliphatic rings. The minimum atomic E-state index is -0.370. The van der Waals surface area contributed by atoms with Crippen LogP contribution in [0, 0.1) is 0 Å². The fourth-order valence-electron chi connectivity index (χ4n) is 1.57. The summed E-state index contributed by atoms with van der Waals surface area (Å²) in [6.45, 7) is 0.336. The van der Waals surface area contributed by atoms with Crippen molar-refractivity contribution >= 4 is 5.91 Å². The molecular weight excluding hydrogens is 234 g/mol. The second-order valence-electron chi connectivity index (χ2n) is 3.94. The summed E-state index contributed by atoms with van der Waals surface area (Å²) in [7, 11) is 1.79. The Balaban J connectivity index is 2.03. The summed E-state index contributed by atoms with van der Waals surface area (Å²) in [6, 6.07) is 3.74. The molecular formula is C12H13N3O3. The molecule has 0 atom stereocenters. The number of hydrogen-bond donors (Lipinski definition) is 3. The number of aromatic hydroxyl groups is 2. The third kappa shape index (κ3) is 2.79. The Morgan fingerprint density at radius 2 is 2.00 bits per heavy atom. The molecule has 0 bridgehead atoms. The Morgan fingerprint density at radius 3 is 2.56 bits per heavy atom. The Labute approximate surface area is 103 Å². The van der Waals surface area contributed by atoms with Crippen LogP contribution in [0.5, 0.6) is 11.5 Å². The minimum Gasteiger partial charge on any atom is -0.508 e. The van der Waals surface area contributed by atoms with Gasteiger partial charge in [-0.1, -0.05) is 0 Å². The molecule has 6 nitrogen and oxygen atoms in total. The quantitative estimate of drug-likeness (QED) is 0.747. The molecule has 94 valence electrons. The third-order valence-corrected chi connectivity index (χ3v) is 2.38. The van der Waals surface area contributed by atoms with Crippen molar-refractivity contribution in [2.24, 2.45) is 7.05 Å².